The molecule has 124 valence electrons. The molecular weight excluding hydrogens is 308 g/mol. The first kappa shape index (κ1) is 17.1. The SMILES string of the molecule is COc1ncc(C#CCN(C)C(=O)c2ccccc2N)c(OC)n1. The molecule has 0 atom stereocenters. The first-order chi connectivity index (χ1) is 11.6. The minimum absolute atomic E-state index is 0.194. The van der Waals surface area contributed by atoms with Crippen molar-refractivity contribution in [3.05, 3.63) is 41.6 Å². The number of nitrogen functional groups attached to an aromatic ring is 1. The van der Waals surface area contributed by atoms with Crippen molar-refractivity contribution in [2.45, 2.75) is 0 Å². The molecule has 2 N–H and O–H groups in total. The molecule has 1 aromatic heterocycles. The van der Waals surface area contributed by atoms with E-state index in [4.69, 9.17) is 15.2 Å². The normalized spacial score (nSPS) is 9.62. The Hall–Kier alpha value is -3.27. The van der Waals surface area contributed by atoms with Crippen LogP contribution in [0.3, 0.4) is 0 Å². The summed E-state index contributed by atoms with van der Waals surface area (Å²) in [6, 6.07) is 7.11. The fourth-order valence-corrected chi connectivity index (χ4v) is 1.91. The third kappa shape index (κ3) is 3.93. The zero-order valence-corrected chi connectivity index (χ0v) is 13.7. The molecule has 0 aliphatic heterocycles. The molecule has 1 heterocycles. The highest BCUT2D eigenvalue weighted by Gasteiger charge is 2.13. The van der Waals surface area contributed by atoms with Gasteiger partial charge in [-0.1, -0.05) is 24.0 Å². The molecule has 0 aliphatic carbocycles. The summed E-state index contributed by atoms with van der Waals surface area (Å²) in [6.07, 6.45) is 1.51. The zero-order chi connectivity index (χ0) is 17.5. The first-order valence-electron chi connectivity index (χ1n) is 7.10. The van der Waals surface area contributed by atoms with Crippen LogP contribution in [0.5, 0.6) is 11.9 Å². The Balaban J connectivity index is 2.10. The molecule has 0 aliphatic rings. The van der Waals surface area contributed by atoms with E-state index in [1.807, 2.05) is 0 Å². The van der Waals surface area contributed by atoms with E-state index >= 15 is 0 Å². The van der Waals surface area contributed by atoms with Crippen molar-refractivity contribution >= 4 is 11.6 Å². The number of carbonyl (C=O) groups is 1. The van der Waals surface area contributed by atoms with Crippen LogP contribution in [0.25, 0.3) is 0 Å². The quantitative estimate of drug-likeness (QED) is 0.671. The van der Waals surface area contributed by atoms with E-state index in [1.54, 1.807) is 31.3 Å². The molecule has 24 heavy (non-hydrogen) atoms. The lowest BCUT2D eigenvalue weighted by molar-refractivity contribution is 0.0813. The third-order valence-electron chi connectivity index (χ3n) is 3.18. The highest BCUT2D eigenvalue weighted by atomic mass is 16.5. The number of aromatic nitrogens is 2. The van der Waals surface area contributed by atoms with Crippen LogP contribution < -0.4 is 15.2 Å². The molecule has 0 radical (unpaired) electrons. The van der Waals surface area contributed by atoms with Gasteiger partial charge < -0.3 is 20.1 Å². The third-order valence-corrected chi connectivity index (χ3v) is 3.18. The summed E-state index contributed by atoms with van der Waals surface area (Å²) in [7, 11) is 4.61. The Morgan fingerprint density at radius 1 is 1.29 bits per heavy atom. The van der Waals surface area contributed by atoms with Gasteiger partial charge in [0.1, 0.15) is 5.56 Å². The van der Waals surface area contributed by atoms with Crippen LogP contribution >= 0.6 is 0 Å². The zero-order valence-electron chi connectivity index (χ0n) is 13.7. The van der Waals surface area contributed by atoms with Gasteiger partial charge in [-0.3, -0.25) is 4.79 Å². The van der Waals surface area contributed by atoms with Crippen molar-refractivity contribution in [3.63, 3.8) is 0 Å². The van der Waals surface area contributed by atoms with E-state index in [0.29, 0.717) is 22.7 Å². The van der Waals surface area contributed by atoms with E-state index in [-0.39, 0.29) is 18.5 Å². The molecule has 0 bridgehead atoms. The number of hydrogen-bond donors (Lipinski definition) is 1. The van der Waals surface area contributed by atoms with Gasteiger partial charge in [0.2, 0.25) is 5.88 Å². The molecule has 1 amide bonds. The molecule has 0 unspecified atom stereocenters. The van der Waals surface area contributed by atoms with Gasteiger partial charge in [-0.15, -0.1) is 0 Å². The van der Waals surface area contributed by atoms with Gasteiger partial charge >= 0.3 is 6.01 Å². The Bertz CT molecular complexity index is 796. The second-order valence-electron chi connectivity index (χ2n) is 4.83. The minimum atomic E-state index is -0.194. The smallest absolute Gasteiger partial charge is 0.319 e. The summed E-state index contributed by atoms with van der Waals surface area (Å²) in [5, 5.41) is 0. The van der Waals surface area contributed by atoms with Crippen molar-refractivity contribution in [2.24, 2.45) is 0 Å². The number of methoxy groups -OCH3 is 2. The number of amides is 1. The maximum absolute atomic E-state index is 12.3. The maximum Gasteiger partial charge on any atom is 0.319 e. The van der Waals surface area contributed by atoms with Gasteiger partial charge in [0.25, 0.3) is 5.91 Å². The van der Waals surface area contributed by atoms with Crippen molar-refractivity contribution in [1.29, 1.82) is 0 Å². The lowest BCUT2D eigenvalue weighted by Crippen LogP contribution is -2.27. The van der Waals surface area contributed by atoms with Crippen molar-refractivity contribution in [2.75, 3.05) is 33.5 Å². The number of nitrogens with two attached hydrogens (primary N) is 1. The van der Waals surface area contributed by atoms with Crippen LogP contribution in [0.4, 0.5) is 5.69 Å². The molecular formula is C17H18N4O3. The molecule has 1 aromatic carbocycles. The Morgan fingerprint density at radius 2 is 2.04 bits per heavy atom. The van der Waals surface area contributed by atoms with E-state index in [9.17, 15) is 4.79 Å². The first-order valence-corrected chi connectivity index (χ1v) is 7.10. The number of ether oxygens (including phenoxy) is 2. The average molecular weight is 326 g/mol. The number of rotatable bonds is 4. The summed E-state index contributed by atoms with van der Waals surface area (Å²) >= 11 is 0. The van der Waals surface area contributed by atoms with E-state index in [1.165, 1.54) is 25.3 Å². The molecule has 0 spiro atoms. The van der Waals surface area contributed by atoms with E-state index in [2.05, 4.69) is 21.8 Å². The van der Waals surface area contributed by atoms with Gasteiger partial charge in [-0.05, 0) is 12.1 Å². The number of hydrogen-bond acceptors (Lipinski definition) is 6. The van der Waals surface area contributed by atoms with Crippen molar-refractivity contribution < 1.29 is 14.3 Å². The van der Waals surface area contributed by atoms with E-state index in [0.717, 1.165) is 0 Å². The topological polar surface area (TPSA) is 90.6 Å². The van der Waals surface area contributed by atoms with Gasteiger partial charge in [0.05, 0.1) is 32.5 Å². The average Bonchev–Trinajstić information content (AvgIpc) is 2.61. The molecule has 0 fully saturated rings. The Kier molecular flexibility index (Phi) is 5.58. The number of carbonyl (C=O) groups excluding carboxylic acids is 1. The molecule has 0 saturated heterocycles. The predicted octanol–water partition coefficient (Wildman–Crippen LogP) is 1.20. The van der Waals surface area contributed by atoms with Crippen LogP contribution in [0.1, 0.15) is 15.9 Å². The summed E-state index contributed by atoms with van der Waals surface area (Å²) in [6.45, 7) is 0.225. The van der Waals surface area contributed by atoms with Gasteiger partial charge in [0.15, 0.2) is 0 Å². The molecule has 0 saturated carbocycles. The van der Waals surface area contributed by atoms with Crippen molar-refractivity contribution in [1.82, 2.24) is 14.9 Å². The van der Waals surface area contributed by atoms with Crippen LogP contribution in [0.15, 0.2) is 30.5 Å². The molecule has 7 heteroatoms. The second kappa shape index (κ2) is 7.83. The summed E-state index contributed by atoms with van der Waals surface area (Å²) in [5.74, 6) is 5.91. The van der Waals surface area contributed by atoms with Crippen LogP contribution in [0.2, 0.25) is 0 Å². The summed E-state index contributed by atoms with van der Waals surface area (Å²) < 4.78 is 10.1. The second-order valence-corrected chi connectivity index (χ2v) is 4.83. The monoisotopic (exact) mass is 326 g/mol. The standard InChI is InChI=1S/C17H18N4O3/c1-21(16(22)13-8-4-5-9-14(13)18)10-6-7-12-11-19-17(24-3)20-15(12)23-2/h4-5,8-9,11H,10,18H2,1-3H3. The predicted molar refractivity (Wildman–Crippen MR) is 89.8 cm³/mol. The summed E-state index contributed by atoms with van der Waals surface area (Å²) in [5.41, 5.74) is 7.22. The number of anilines is 1. The fraction of sp³-hybridized carbons (Fsp3) is 0.235. The maximum atomic E-state index is 12.3. The molecule has 2 rings (SSSR count). The summed E-state index contributed by atoms with van der Waals surface area (Å²) in [4.78, 5) is 21.8. The van der Waals surface area contributed by atoms with Crippen molar-refractivity contribution in [3.8, 4) is 23.7 Å². The molecule has 2 aromatic rings. The van der Waals surface area contributed by atoms with Gasteiger partial charge in [-0.25, -0.2) is 4.98 Å². The van der Waals surface area contributed by atoms with Gasteiger partial charge in [0, 0.05) is 12.7 Å². The van der Waals surface area contributed by atoms with Crippen LogP contribution in [-0.2, 0) is 0 Å². The Labute approximate surface area is 140 Å². The number of benzene rings is 1. The lowest BCUT2D eigenvalue weighted by atomic mass is 10.1. The van der Waals surface area contributed by atoms with Crippen LogP contribution in [-0.4, -0.2) is 48.6 Å². The number of para-hydroxylation sites is 1. The number of nitrogens with zero attached hydrogens (tertiary/aromatic N) is 3. The van der Waals surface area contributed by atoms with E-state index < -0.39 is 0 Å². The minimum Gasteiger partial charge on any atom is -0.480 e. The Morgan fingerprint density at radius 3 is 2.71 bits per heavy atom. The van der Waals surface area contributed by atoms with Gasteiger partial charge in [-0.2, -0.15) is 4.98 Å². The van der Waals surface area contributed by atoms with Crippen LogP contribution in [0, 0.1) is 11.8 Å². The fourth-order valence-electron chi connectivity index (χ4n) is 1.91. The molecule has 7 nitrogen and oxygen atoms in total. The lowest BCUT2D eigenvalue weighted by Gasteiger charge is -2.15. The highest BCUT2D eigenvalue weighted by molar-refractivity contribution is 5.99. The highest BCUT2D eigenvalue weighted by Crippen LogP contribution is 2.16. The largest absolute Gasteiger partial charge is 0.480 e.